The van der Waals surface area contributed by atoms with Gasteiger partial charge in [0.25, 0.3) is 5.91 Å². The van der Waals surface area contributed by atoms with E-state index in [-0.39, 0.29) is 5.91 Å². The van der Waals surface area contributed by atoms with E-state index in [2.05, 4.69) is 51.6 Å². The second kappa shape index (κ2) is 5.92. The number of nitrogens with one attached hydrogen (secondary N) is 1. The fourth-order valence-electron chi connectivity index (χ4n) is 2.03. The number of halogens is 1. The van der Waals surface area contributed by atoms with Gasteiger partial charge < -0.3 is 9.88 Å². The molecule has 1 N–H and O–H groups in total. The number of hydrogen-bond donors (Lipinski definition) is 1. The molecule has 0 aromatic carbocycles. The van der Waals surface area contributed by atoms with Crippen molar-refractivity contribution in [2.45, 2.75) is 20.4 Å². The van der Waals surface area contributed by atoms with Crippen molar-refractivity contribution in [3.63, 3.8) is 0 Å². The third-order valence-electron chi connectivity index (χ3n) is 2.76. The number of aromatic nitrogens is 1. The molecule has 5 heteroatoms. The number of carbonyl (C=O) groups excluding carboxylic acids is 1. The van der Waals surface area contributed by atoms with Gasteiger partial charge in [-0.2, -0.15) is 0 Å². The molecule has 0 aliphatic rings. The Kier molecular flexibility index (Phi) is 4.47. The highest BCUT2D eigenvalue weighted by Gasteiger charge is 2.18. The van der Waals surface area contributed by atoms with Crippen LogP contribution in [0.5, 0.6) is 0 Å². The SMILES string of the molecule is C=CCNC(=O)c1cc2scc(Br)c2n1CC(C)C. The standard InChI is InChI=1S/C14H17BrN2OS/c1-4-5-16-14(18)11-6-12-13(10(15)8-19-12)17(11)7-9(2)3/h4,6,8-9H,1,5,7H2,2-3H3,(H,16,18). The monoisotopic (exact) mass is 340 g/mol. The topological polar surface area (TPSA) is 34.0 Å². The fraction of sp³-hybridized carbons (Fsp3) is 0.357. The third kappa shape index (κ3) is 2.92. The van der Waals surface area contributed by atoms with Crippen molar-refractivity contribution in [3.05, 3.63) is 34.3 Å². The van der Waals surface area contributed by atoms with Gasteiger partial charge in [0.15, 0.2) is 0 Å². The van der Waals surface area contributed by atoms with Crippen LogP contribution in [0.2, 0.25) is 0 Å². The molecular formula is C14H17BrN2OS. The number of nitrogens with zero attached hydrogens (tertiary/aromatic N) is 1. The minimum Gasteiger partial charge on any atom is -0.347 e. The normalized spacial score (nSPS) is 11.2. The quantitative estimate of drug-likeness (QED) is 0.819. The first kappa shape index (κ1) is 14.3. The smallest absolute Gasteiger partial charge is 0.268 e. The lowest BCUT2D eigenvalue weighted by atomic mass is 10.2. The van der Waals surface area contributed by atoms with Gasteiger partial charge in [-0.05, 0) is 27.9 Å². The molecule has 1 amide bonds. The number of carbonyl (C=O) groups is 1. The lowest BCUT2D eigenvalue weighted by Crippen LogP contribution is -2.26. The summed E-state index contributed by atoms with van der Waals surface area (Å²) < 4.78 is 4.28. The highest BCUT2D eigenvalue weighted by atomic mass is 79.9. The maximum Gasteiger partial charge on any atom is 0.268 e. The Morgan fingerprint density at radius 3 is 3.00 bits per heavy atom. The van der Waals surface area contributed by atoms with E-state index in [1.54, 1.807) is 17.4 Å². The molecule has 0 fully saturated rings. The largest absolute Gasteiger partial charge is 0.347 e. The Morgan fingerprint density at radius 1 is 1.63 bits per heavy atom. The van der Waals surface area contributed by atoms with Crippen LogP contribution in [-0.4, -0.2) is 17.0 Å². The summed E-state index contributed by atoms with van der Waals surface area (Å²) >= 11 is 5.21. The number of hydrogen-bond acceptors (Lipinski definition) is 2. The lowest BCUT2D eigenvalue weighted by molar-refractivity contribution is 0.0948. The molecule has 0 radical (unpaired) electrons. The second-order valence-corrected chi connectivity index (χ2v) is 6.59. The first-order chi connectivity index (χ1) is 9.04. The van der Waals surface area contributed by atoms with Crippen molar-refractivity contribution in [2.75, 3.05) is 6.54 Å². The molecule has 2 aromatic heterocycles. The van der Waals surface area contributed by atoms with Gasteiger partial charge in [0, 0.05) is 18.5 Å². The molecule has 3 nitrogen and oxygen atoms in total. The summed E-state index contributed by atoms with van der Waals surface area (Å²) in [5.74, 6) is 0.434. The number of rotatable bonds is 5. The predicted octanol–water partition coefficient (Wildman–Crippen LogP) is 4.04. The average Bonchev–Trinajstić information content (AvgIpc) is 2.88. The molecule has 0 spiro atoms. The highest BCUT2D eigenvalue weighted by molar-refractivity contribution is 9.10. The van der Waals surface area contributed by atoms with E-state index in [0.717, 1.165) is 26.9 Å². The summed E-state index contributed by atoms with van der Waals surface area (Å²) in [6.45, 7) is 9.23. The Morgan fingerprint density at radius 2 is 2.37 bits per heavy atom. The van der Waals surface area contributed by atoms with Crippen LogP contribution in [0.25, 0.3) is 10.2 Å². The van der Waals surface area contributed by atoms with Crippen LogP contribution in [0.3, 0.4) is 0 Å². The minimum atomic E-state index is -0.0455. The van der Waals surface area contributed by atoms with E-state index in [9.17, 15) is 4.79 Å². The van der Waals surface area contributed by atoms with Crippen molar-refractivity contribution < 1.29 is 4.79 Å². The highest BCUT2D eigenvalue weighted by Crippen LogP contribution is 2.33. The zero-order valence-electron chi connectivity index (χ0n) is 11.1. The molecule has 19 heavy (non-hydrogen) atoms. The van der Waals surface area contributed by atoms with Crippen molar-refractivity contribution in [2.24, 2.45) is 5.92 Å². The summed E-state index contributed by atoms with van der Waals surface area (Å²) in [6, 6.07) is 1.96. The van der Waals surface area contributed by atoms with Crippen molar-refractivity contribution >= 4 is 43.4 Å². The Bertz CT molecular complexity index is 612. The Hall–Kier alpha value is -1.07. The van der Waals surface area contributed by atoms with E-state index < -0.39 is 0 Å². The summed E-state index contributed by atoms with van der Waals surface area (Å²) in [6.07, 6.45) is 1.69. The maximum atomic E-state index is 12.2. The van der Waals surface area contributed by atoms with Crippen LogP contribution in [0.15, 0.2) is 28.6 Å². The lowest BCUT2D eigenvalue weighted by Gasteiger charge is -2.12. The maximum absolute atomic E-state index is 12.2. The van der Waals surface area contributed by atoms with E-state index in [4.69, 9.17) is 0 Å². The Balaban J connectivity index is 2.46. The van der Waals surface area contributed by atoms with Crippen molar-refractivity contribution in [1.29, 1.82) is 0 Å². The van der Waals surface area contributed by atoms with Crippen LogP contribution in [-0.2, 0) is 6.54 Å². The van der Waals surface area contributed by atoms with Gasteiger partial charge in [0.1, 0.15) is 5.69 Å². The van der Waals surface area contributed by atoms with Gasteiger partial charge in [-0.3, -0.25) is 4.79 Å². The van der Waals surface area contributed by atoms with Gasteiger partial charge in [-0.15, -0.1) is 17.9 Å². The first-order valence-corrected chi connectivity index (χ1v) is 7.87. The fourth-order valence-corrected chi connectivity index (χ4v) is 3.72. The second-order valence-electron chi connectivity index (χ2n) is 4.83. The van der Waals surface area contributed by atoms with Gasteiger partial charge >= 0.3 is 0 Å². The zero-order chi connectivity index (χ0) is 14.0. The molecule has 2 heterocycles. The van der Waals surface area contributed by atoms with Crippen LogP contribution in [0, 0.1) is 5.92 Å². The number of fused-ring (bicyclic) bond motifs is 1. The summed E-state index contributed by atoms with van der Waals surface area (Å²) in [7, 11) is 0. The van der Waals surface area contributed by atoms with E-state index in [1.165, 1.54) is 0 Å². The van der Waals surface area contributed by atoms with Gasteiger partial charge in [0.2, 0.25) is 0 Å². The summed E-state index contributed by atoms with van der Waals surface area (Å²) in [4.78, 5) is 12.2. The third-order valence-corrected chi connectivity index (χ3v) is 4.59. The molecule has 0 aliphatic carbocycles. The molecule has 0 saturated carbocycles. The minimum absolute atomic E-state index is 0.0455. The molecular weight excluding hydrogens is 324 g/mol. The molecule has 0 unspecified atom stereocenters. The molecule has 2 rings (SSSR count). The van der Waals surface area contributed by atoms with Crippen molar-refractivity contribution in [3.8, 4) is 0 Å². The van der Waals surface area contributed by atoms with E-state index >= 15 is 0 Å². The summed E-state index contributed by atoms with van der Waals surface area (Å²) in [5, 5.41) is 4.91. The van der Waals surface area contributed by atoms with Crippen LogP contribution in [0.4, 0.5) is 0 Å². The van der Waals surface area contributed by atoms with Crippen LogP contribution in [0.1, 0.15) is 24.3 Å². The number of amides is 1. The van der Waals surface area contributed by atoms with Crippen molar-refractivity contribution in [1.82, 2.24) is 9.88 Å². The average molecular weight is 341 g/mol. The van der Waals surface area contributed by atoms with E-state index in [1.807, 2.05) is 6.07 Å². The Labute approximate surface area is 125 Å². The van der Waals surface area contributed by atoms with E-state index in [0.29, 0.717) is 12.5 Å². The molecule has 0 atom stereocenters. The summed E-state index contributed by atoms with van der Waals surface area (Å²) in [5.41, 5.74) is 1.83. The molecule has 0 saturated heterocycles. The first-order valence-electron chi connectivity index (χ1n) is 6.20. The molecule has 102 valence electrons. The zero-order valence-corrected chi connectivity index (χ0v) is 13.5. The molecule has 0 aliphatic heterocycles. The predicted molar refractivity (Wildman–Crippen MR) is 84.9 cm³/mol. The van der Waals surface area contributed by atoms with Gasteiger partial charge in [-0.1, -0.05) is 19.9 Å². The van der Waals surface area contributed by atoms with Crippen LogP contribution >= 0.6 is 27.3 Å². The molecule has 0 bridgehead atoms. The van der Waals surface area contributed by atoms with Gasteiger partial charge in [-0.25, -0.2) is 0 Å². The number of thiophene rings is 1. The molecule has 2 aromatic rings. The van der Waals surface area contributed by atoms with Gasteiger partial charge in [0.05, 0.1) is 14.7 Å². The van der Waals surface area contributed by atoms with Crippen LogP contribution < -0.4 is 5.32 Å².